The van der Waals surface area contributed by atoms with Crippen LogP contribution in [0.1, 0.15) is 35.9 Å². The van der Waals surface area contributed by atoms with Crippen LogP contribution in [-0.2, 0) is 4.79 Å². The minimum Gasteiger partial charge on any atom is -0.493 e. The van der Waals surface area contributed by atoms with Gasteiger partial charge in [-0.05, 0) is 36.6 Å². The molecule has 1 atom stereocenters. The van der Waals surface area contributed by atoms with Crippen LogP contribution in [0.2, 0.25) is 0 Å². The molecule has 1 amide bonds. The number of amides is 1. The Labute approximate surface area is 185 Å². The number of hydrogen-bond donors (Lipinski definition) is 1. The van der Waals surface area contributed by atoms with Gasteiger partial charge in [0.05, 0.1) is 30.4 Å². The third kappa shape index (κ3) is 4.36. The lowest BCUT2D eigenvalue weighted by Crippen LogP contribution is -2.16. The maximum absolute atomic E-state index is 12.5. The highest BCUT2D eigenvalue weighted by molar-refractivity contribution is 8.00. The molecule has 9 heteroatoms. The maximum atomic E-state index is 12.5. The molecule has 1 aromatic carbocycles. The number of nitrogens with zero attached hydrogens (tertiary/aromatic N) is 4. The van der Waals surface area contributed by atoms with Crippen LogP contribution in [0.25, 0.3) is 5.95 Å². The van der Waals surface area contributed by atoms with Crippen LogP contribution in [0.5, 0.6) is 11.5 Å². The van der Waals surface area contributed by atoms with Crippen molar-refractivity contribution in [3.8, 4) is 17.4 Å². The molecule has 1 unspecified atom stereocenters. The molecule has 0 aliphatic carbocycles. The number of methoxy groups -OCH3 is 1. The lowest BCUT2D eigenvalue weighted by molar-refractivity contribution is -0.113. The summed E-state index contributed by atoms with van der Waals surface area (Å²) in [5, 5.41) is 7.51. The summed E-state index contributed by atoms with van der Waals surface area (Å²) in [5.41, 5.74) is 2.75. The van der Waals surface area contributed by atoms with Crippen LogP contribution in [-0.4, -0.2) is 45.1 Å². The summed E-state index contributed by atoms with van der Waals surface area (Å²) in [7, 11) is 1.63. The van der Waals surface area contributed by atoms with Crippen molar-refractivity contribution in [3.05, 3.63) is 53.5 Å². The highest BCUT2D eigenvalue weighted by Crippen LogP contribution is 2.45. The van der Waals surface area contributed by atoms with Gasteiger partial charge in [-0.1, -0.05) is 19.9 Å². The highest BCUT2D eigenvalue weighted by Gasteiger charge is 2.31. The van der Waals surface area contributed by atoms with E-state index in [2.05, 4.69) is 34.2 Å². The number of rotatable bonds is 6. The second kappa shape index (κ2) is 8.97. The van der Waals surface area contributed by atoms with E-state index in [4.69, 9.17) is 9.47 Å². The van der Waals surface area contributed by atoms with Gasteiger partial charge in [-0.15, -0.1) is 11.8 Å². The van der Waals surface area contributed by atoms with Crippen LogP contribution in [0.3, 0.4) is 0 Å². The normalized spacial score (nSPS) is 15.9. The van der Waals surface area contributed by atoms with Crippen LogP contribution in [0, 0.1) is 12.8 Å². The van der Waals surface area contributed by atoms with Crippen molar-refractivity contribution >= 4 is 23.5 Å². The van der Waals surface area contributed by atoms with E-state index in [1.54, 1.807) is 42.0 Å². The Morgan fingerprint density at radius 3 is 2.74 bits per heavy atom. The Bertz CT molecular complexity index is 1080. The molecule has 1 aliphatic rings. The average molecular weight is 440 g/mol. The first-order chi connectivity index (χ1) is 15.0. The van der Waals surface area contributed by atoms with Crippen molar-refractivity contribution in [2.24, 2.45) is 5.92 Å². The van der Waals surface area contributed by atoms with E-state index in [-0.39, 0.29) is 11.2 Å². The molecular weight excluding hydrogens is 414 g/mol. The van der Waals surface area contributed by atoms with E-state index < -0.39 is 0 Å². The van der Waals surface area contributed by atoms with E-state index in [0.717, 1.165) is 16.8 Å². The molecule has 0 saturated carbocycles. The zero-order valence-electron chi connectivity index (χ0n) is 18.0. The Hall–Kier alpha value is -3.07. The predicted octanol–water partition coefficient (Wildman–Crippen LogP) is 3.79. The van der Waals surface area contributed by atoms with Gasteiger partial charge in [0.25, 0.3) is 5.95 Å². The number of ether oxygens (including phenoxy) is 2. The van der Waals surface area contributed by atoms with Gasteiger partial charge >= 0.3 is 0 Å². The fourth-order valence-corrected chi connectivity index (χ4v) is 4.59. The first-order valence-corrected chi connectivity index (χ1v) is 11.1. The largest absolute Gasteiger partial charge is 0.493 e. The summed E-state index contributed by atoms with van der Waals surface area (Å²) in [6.07, 6.45) is 3.30. The number of fused-ring (bicyclic) bond motifs is 1. The first kappa shape index (κ1) is 21.2. The zero-order valence-corrected chi connectivity index (χ0v) is 18.8. The number of carbonyl (C=O) groups is 1. The molecule has 162 valence electrons. The third-order valence-corrected chi connectivity index (χ3v) is 6.08. The van der Waals surface area contributed by atoms with Crippen LogP contribution < -0.4 is 14.8 Å². The molecule has 3 heterocycles. The summed E-state index contributed by atoms with van der Waals surface area (Å²) in [5.74, 6) is 3.03. The van der Waals surface area contributed by atoms with E-state index >= 15 is 0 Å². The second-order valence-electron chi connectivity index (χ2n) is 7.66. The Balaban J connectivity index is 1.77. The maximum Gasteiger partial charge on any atom is 0.252 e. The van der Waals surface area contributed by atoms with Crippen LogP contribution in [0.15, 0.2) is 36.7 Å². The molecule has 0 spiro atoms. The lowest BCUT2D eigenvalue weighted by atomic mass is 10.0. The monoisotopic (exact) mass is 439 g/mol. The molecule has 31 heavy (non-hydrogen) atoms. The molecule has 0 fully saturated rings. The Kier molecular flexibility index (Phi) is 6.13. The van der Waals surface area contributed by atoms with E-state index in [1.165, 1.54) is 0 Å². The molecule has 0 bridgehead atoms. The number of nitrogens with one attached hydrogen (secondary N) is 1. The van der Waals surface area contributed by atoms with Gasteiger partial charge in [-0.2, -0.15) is 9.78 Å². The van der Waals surface area contributed by atoms with Gasteiger partial charge in [0, 0.05) is 18.0 Å². The van der Waals surface area contributed by atoms with Crippen molar-refractivity contribution in [3.63, 3.8) is 0 Å². The van der Waals surface area contributed by atoms with Crippen molar-refractivity contribution in [1.82, 2.24) is 19.7 Å². The first-order valence-electron chi connectivity index (χ1n) is 10.1. The lowest BCUT2D eigenvalue weighted by Gasteiger charge is -2.18. The number of hydrogen-bond acceptors (Lipinski definition) is 7. The molecule has 0 saturated heterocycles. The molecular formula is C22H25N5O3S. The number of anilines is 1. The minimum absolute atomic E-state index is 0.0883. The summed E-state index contributed by atoms with van der Waals surface area (Å²) >= 11 is 1.55. The number of aromatic nitrogens is 4. The van der Waals surface area contributed by atoms with Crippen LogP contribution in [0.4, 0.5) is 5.82 Å². The number of carbonyl (C=O) groups excluding carboxylic acids is 1. The van der Waals surface area contributed by atoms with Crippen molar-refractivity contribution in [2.45, 2.75) is 26.0 Å². The fourth-order valence-electron chi connectivity index (χ4n) is 3.42. The Morgan fingerprint density at radius 1 is 1.26 bits per heavy atom. The summed E-state index contributed by atoms with van der Waals surface area (Å²) in [4.78, 5) is 21.1. The SMILES string of the molecule is COc1cc(C2SCC(=O)Nc3c2c(C)nn3-c2ncccn2)ccc1OCC(C)C. The van der Waals surface area contributed by atoms with Crippen molar-refractivity contribution in [2.75, 3.05) is 24.8 Å². The molecule has 0 radical (unpaired) electrons. The standard InChI is InChI=1S/C22H25N5O3S/c1-13(2)11-30-16-7-6-15(10-17(16)29-4)20-19-14(3)26-27(22-23-8-5-9-24-22)21(19)25-18(28)12-31-20/h5-10,13,20H,11-12H2,1-4H3,(H,25,28). The van der Waals surface area contributed by atoms with Crippen LogP contribution >= 0.6 is 11.8 Å². The van der Waals surface area contributed by atoms with E-state index in [0.29, 0.717) is 41.5 Å². The van der Waals surface area contributed by atoms with Gasteiger partial charge in [0.2, 0.25) is 5.91 Å². The number of thioether (sulfide) groups is 1. The topological polar surface area (TPSA) is 91.2 Å². The van der Waals surface area contributed by atoms with Gasteiger partial charge in [-0.3, -0.25) is 4.79 Å². The summed E-state index contributed by atoms with van der Waals surface area (Å²) in [6, 6.07) is 7.66. The number of benzene rings is 1. The number of aryl methyl sites for hydroxylation is 1. The van der Waals surface area contributed by atoms with Gasteiger partial charge in [-0.25, -0.2) is 9.97 Å². The van der Waals surface area contributed by atoms with Crippen molar-refractivity contribution < 1.29 is 14.3 Å². The van der Waals surface area contributed by atoms with E-state index in [9.17, 15) is 4.79 Å². The quantitative estimate of drug-likeness (QED) is 0.625. The van der Waals surface area contributed by atoms with Gasteiger partial charge in [0.15, 0.2) is 11.5 Å². The predicted molar refractivity (Wildman–Crippen MR) is 120 cm³/mol. The second-order valence-corrected chi connectivity index (χ2v) is 8.76. The van der Waals surface area contributed by atoms with Gasteiger partial charge in [0.1, 0.15) is 5.82 Å². The molecule has 1 N–H and O–H groups in total. The molecule has 3 aromatic rings. The minimum atomic E-state index is -0.112. The van der Waals surface area contributed by atoms with E-state index in [1.807, 2.05) is 25.1 Å². The summed E-state index contributed by atoms with van der Waals surface area (Å²) in [6.45, 7) is 6.75. The summed E-state index contributed by atoms with van der Waals surface area (Å²) < 4.78 is 13.1. The molecule has 8 nitrogen and oxygen atoms in total. The smallest absolute Gasteiger partial charge is 0.252 e. The third-order valence-electron chi connectivity index (χ3n) is 4.81. The van der Waals surface area contributed by atoms with Crippen molar-refractivity contribution in [1.29, 1.82) is 0 Å². The zero-order chi connectivity index (χ0) is 22.0. The fraction of sp³-hybridized carbons (Fsp3) is 0.364. The highest BCUT2D eigenvalue weighted by atomic mass is 32.2. The van der Waals surface area contributed by atoms with Gasteiger partial charge < -0.3 is 14.8 Å². The molecule has 4 rings (SSSR count). The average Bonchev–Trinajstić information content (AvgIpc) is 2.97. The Morgan fingerprint density at radius 2 is 2.03 bits per heavy atom. The molecule has 1 aliphatic heterocycles. The molecule has 2 aromatic heterocycles.